The van der Waals surface area contributed by atoms with Crippen molar-refractivity contribution in [3.05, 3.63) is 42.1 Å². The molecular weight excluding hydrogens is 546 g/mol. The Morgan fingerprint density at radius 1 is 1.05 bits per heavy atom. The van der Waals surface area contributed by atoms with Crippen LogP contribution >= 0.6 is 0 Å². The summed E-state index contributed by atoms with van der Waals surface area (Å²) in [6, 6.07) is 8.33. The maximum absolute atomic E-state index is 13.3. The van der Waals surface area contributed by atoms with Crippen molar-refractivity contribution in [2.45, 2.75) is 86.0 Å². The first-order chi connectivity index (χ1) is 20.8. The van der Waals surface area contributed by atoms with Crippen LogP contribution in [-0.4, -0.2) is 99.8 Å². The number of ether oxygens (including phenoxy) is 1. The Bertz CT molecular complexity index is 1080. The molecule has 0 aliphatic carbocycles. The van der Waals surface area contributed by atoms with Gasteiger partial charge in [0.15, 0.2) is 0 Å². The van der Waals surface area contributed by atoms with Crippen molar-refractivity contribution in [1.82, 2.24) is 24.9 Å². The molecule has 0 saturated carbocycles. The van der Waals surface area contributed by atoms with Gasteiger partial charge >= 0.3 is 0 Å². The highest BCUT2D eigenvalue weighted by Crippen LogP contribution is 2.27. The molecule has 4 rings (SSSR count). The second-order valence-corrected chi connectivity index (χ2v) is 10.9. The van der Waals surface area contributed by atoms with Crippen LogP contribution in [-0.2, 0) is 20.9 Å². The smallest absolute Gasteiger partial charge is 0.243 e. The lowest BCUT2D eigenvalue weighted by Gasteiger charge is -2.30. The Morgan fingerprint density at radius 3 is 2.28 bits per heavy atom. The van der Waals surface area contributed by atoms with E-state index in [1.165, 1.54) is 4.90 Å². The number of rotatable bonds is 11. The van der Waals surface area contributed by atoms with Gasteiger partial charge in [-0.15, -0.1) is 0 Å². The summed E-state index contributed by atoms with van der Waals surface area (Å²) in [5.41, 5.74) is 2.76. The molecule has 242 valence electrons. The molecule has 3 N–H and O–H groups in total. The molecule has 0 radical (unpaired) electrons. The van der Waals surface area contributed by atoms with E-state index in [9.17, 15) is 19.8 Å². The molecule has 2 saturated heterocycles. The van der Waals surface area contributed by atoms with Crippen molar-refractivity contribution in [3.8, 4) is 11.3 Å². The predicted molar refractivity (Wildman–Crippen MR) is 170 cm³/mol. The van der Waals surface area contributed by atoms with Gasteiger partial charge in [0.05, 0.1) is 44.2 Å². The Morgan fingerprint density at radius 2 is 1.70 bits per heavy atom. The minimum atomic E-state index is -0.755. The highest BCUT2D eigenvalue weighted by molar-refractivity contribution is 5.89. The van der Waals surface area contributed by atoms with Crippen molar-refractivity contribution >= 4 is 11.8 Å². The highest BCUT2D eigenvalue weighted by Gasteiger charge is 2.41. The van der Waals surface area contributed by atoms with Crippen molar-refractivity contribution in [2.75, 3.05) is 46.0 Å². The third kappa shape index (κ3) is 9.86. The maximum atomic E-state index is 13.3. The monoisotopic (exact) mass is 601 g/mol. The van der Waals surface area contributed by atoms with E-state index in [0.29, 0.717) is 6.42 Å². The summed E-state index contributed by atoms with van der Waals surface area (Å²) in [5.74, 6) is -0.514. The fourth-order valence-corrected chi connectivity index (χ4v) is 5.66. The van der Waals surface area contributed by atoms with E-state index in [0.717, 1.165) is 56.2 Å². The van der Waals surface area contributed by atoms with E-state index in [-0.39, 0.29) is 43.2 Å². The van der Waals surface area contributed by atoms with E-state index < -0.39 is 18.2 Å². The van der Waals surface area contributed by atoms with E-state index in [2.05, 4.69) is 15.3 Å². The number of carbonyl (C=O) groups excluding carboxylic acids is 2. The lowest BCUT2D eigenvalue weighted by atomic mass is 9.91. The van der Waals surface area contributed by atoms with Crippen molar-refractivity contribution in [1.29, 1.82) is 0 Å². The van der Waals surface area contributed by atoms with E-state index in [4.69, 9.17) is 4.74 Å². The summed E-state index contributed by atoms with van der Waals surface area (Å²) in [5, 5.41) is 27.8. The summed E-state index contributed by atoms with van der Waals surface area (Å²) in [6.45, 7) is 18.9. The molecule has 1 aromatic carbocycles. The molecule has 4 unspecified atom stereocenters. The lowest BCUT2D eigenvalue weighted by Crippen LogP contribution is -2.49. The SMILES string of the molecule is CC.CC.CCC(C(=O)N1CC(O)CC1C(=O)NC(CO)c1ccc(-c2ccnn2CCN2CCOCC2)cc1)C(C)C. The topological polar surface area (TPSA) is 120 Å². The van der Waals surface area contributed by atoms with Gasteiger partial charge < -0.3 is 25.2 Å². The number of aliphatic hydroxyl groups excluding tert-OH is 2. The number of nitrogens with one attached hydrogen (secondary N) is 1. The van der Waals surface area contributed by atoms with Crippen LogP contribution in [0.4, 0.5) is 0 Å². The molecule has 0 bridgehead atoms. The molecule has 2 aliphatic heterocycles. The minimum Gasteiger partial charge on any atom is -0.394 e. The third-order valence-electron chi connectivity index (χ3n) is 7.98. The second kappa shape index (κ2) is 18.8. The number of hydrogen-bond donors (Lipinski definition) is 3. The number of hydrogen-bond acceptors (Lipinski definition) is 7. The summed E-state index contributed by atoms with van der Waals surface area (Å²) >= 11 is 0. The predicted octanol–water partition coefficient (Wildman–Crippen LogP) is 3.73. The number of likely N-dealkylation sites (tertiary alicyclic amines) is 1. The van der Waals surface area contributed by atoms with E-state index >= 15 is 0 Å². The first-order valence-electron chi connectivity index (χ1n) is 16.1. The van der Waals surface area contributed by atoms with Crippen LogP contribution in [0.1, 0.15) is 72.9 Å². The number of β-amino-alcohol motifs (C(OH)–C–C–N with tert-alkyl or cyclic N) is 1. The minimum absolute atomic E-state index is 0.0978. The van der Waals surface area contributed by atoms with Gasteiger partial charge in [-0.25, -0.2) is 0 Å². The van der Waals surface area contributed by atoms with Crippen LogP contribution in [0.2, 0.25) is 0 Å². The standard InChI is InChI=1S/C29H43N5O5.2C2H6/c1-4-24(20(2)3)29(38)33-18-23(36)17-27(33)28(37)31-25(19-35)21-5-7-22(8-6-21)26-9-10-30-34(26)12-11-32-13-15-39-16-14-32;2*1-2/h5-10,20,23-25,27,35-36H,4,11-19H2,1-3H3,(H,31,37);2*1-2H3. The van der Waals surface area contributed by atoms with Crippen LogP contribution in [0.25, 0.3) is 11.3 Å². The zero-order valence-corrected chi connectivity index (χ0v) is 27.3. The molecule has 10 heteroatoms. The number of benzene rings is 1. The first kappa shape index (κ1) is 36.4. The molecule has 2 aliphatic rings. The Kier molecular flexibility index (Phi) is 15.9. The second-order valence-electron chi connectivity index (χ2n) is 10.9. The molecule has 4 atom stereocenters. The zero-order chi connectivity index (χ0) is 31.9. The quantitative estimate of drug-likeness (QED) is 0.359. The van der Waals surface area contributed by atoms with Gasteiger partial charge in [-0.2, -0.15) is 5.10 Å². The van der Waals surface area contributed by atoms with Gasteiger partial charge in [-0.3, -0.25) is 19.2 Å². The van der Waals surface area contributed by atoms with Crippen LogP contribution in [0.5, 0.6) is 0 Å². The van der Waals surface area contributed by atoms with Gasteiger partial charge in [0, 0.05) is 44.7 Å². The lowest BCUT2D eigenvalue weighted by molar-refractivity contribution is -0.143. The molecular formula is C33H55N5O5. The van der Waals surface area contributed by atoms with Gasteiger partial charge in [0.25, 0.3) is 0 Å². The maximum Gasteiger partial charge on any atom is 0.243 e. The average Bonchev–Trinajstić information content (AvgIpc) is 3.68. The van der Waals surface area contributed by atoms with Crippen LogP contribution in [0.3, 0.4) is 0 Å². The summed E-state index contributed by atoms with van der Waals surface area (Å²) in [4.78, 5) is 30.4. The summed E-state index contributed by atoms with van der Waals surface area (Å²) in [6.07, 6.45) is 1.92. The summed E-state index contributed by atoms with van der Waals surface area (Å²) in [7, 11) is 0. The highest BCUT2D eigenvalue weighted by atomic mass is 16.5. The molecule has 2 amide bonds. The van der Waals surface area contributed by atoms with Gasteiger partial charge in [0.2, 0.25) is 11.8 Å². The fourth-order valence-electron chi connectivity index (χ4n) is 5.66. The first-order valence-corrected chi connectivity index (χ1v) is 16.1. The fraction of sp³-hybridized carbons (Fsp3) is 0.667. The number of aromatic nitrogens is 2. The molecule has 2 fully saturated rings. The zero-order valence-electron chi connectivity index (χ0n) is 27.3. The molecule has 2 aromatic rings. The number of morpholine rings is 1. The molecule has 43 heavy (non-hydrogen) atoms. The molecule has 1 aromatic heterocycles. The van der Waals surface area contributed by atoms with Crippen molar-refractivity contribution < 1.29 is 24.5 Å². The number of carbonyl (C=O) groups is 2. The number of nitrogens with zero attached hydrogens (tertiary/aromatic N) is 4. The van der Waals surface area contributed by atoms with Gasteiger partial charge in [0.1, 0.15) is 6.04 Å². The van der Waals surface area contributed by atoms with Crippen LogP contribution in [0.15, 0.2) is 36.5 Å². The molecule has 0 spiro atoms. The van der Waals surface area contributed by atoms with Crippen LogP contribution < -0.4 is 5.32 Å². The van der Waals surface area contributed by atoms with E-state index in [1.807, 2.05) is 83.5 Å². The summed E-state index contributed by atoms with van der Waals surface area (Å²) < 4.78 is 7.42. The Balaban J connectivity index is 0.00000155. The molecule has 10 nitrogen and oxygen atoms in total. The average molecular weight is 602 g/mol. The van der Waals surface area contributed by atoms with Gasteiger partial charge in [-0.05, 0) is 29.5 Å². The molecule has 3 heterocycles. The Hall–Kier alpha value is -2.79. The van der Waals surface area contributed by atoms with Crippen molar-refractivity contribution in [2.24, 2.45) is 11.8 Å². The normalized spacial score (nSPS) is 20.0. The largest absolute Gasteiger partial charge is 0.394 e. The Labute approximate surface area is 258 Å². The number of amides is 2. The van der Waals surface area contributed by atoms with Crippen LogP contribution in [0, 0.1) is 11.8 Å². The van der Waals surface area contributed by atoms with Crippen molar-refractivity contribution in [3.63, 3.8) is 0 Å². The number of aliphatic hydroxyl groups is 2. The van der Waals surface area contributed by atoms with E-state index in [1.54, 1.807) is 6.20 Å². The van der Waals surface area contributed by atoms with Gasteiger partial charge in [-0.1, -0.05) is 72.7 Å². The third-order valence-corrected chi connectivity index (χ3v) is 7.98.